The van der Waals surface area contributed by atoms with Gasteiger partial charge in [0.05, 0.1) is 0 Å². The van der Waals surface area contributed by atoms with Crippen LogP contribution in [0.25, 0.3) is 0 Å². The summed E-state index contributed by atoms with van der Waals surface area (Å²) in [7, 11) is 0. The summed E-state index contributed by atoms with van der Waals surface area (Å²) in [5, 5.41) is 0. The molecule has 2 aliphatic rings. The van der Waals surface area contributed by atoms with E-state index in [1.807, 2.05) is 6.08 Å². The highest BCUT2D eigenvalue weighted by molar-refractivity contribution is 5.24. The fourth-order valence-electron chi connectivity index (χ4n) is 1.30. The van der Waals surface area contributed by atoms with Crippen LogP contribution < -0.4 is 0 Å². The summed E-state index contributed by atoms with van der Waals surface area (Å²) in [6.45, 7) is 2.55. The molecule has 0 radical (unpaired) electrons. The Morgan fingerprint density at radius 1 is 1.50 bits per heavy atom. The van der Waals surface area contributed by atoms with E-state index in [2.05, 4.69) is 13.0 Å². The van der Waals surface area contributed by atoms with Crippen molar-refractivity contribution in [2.24, 2.45) is 5.92 Å². The van der Waals surface area contributed by atoms with Crippen molar-refractivity contribution in [3.05, 3.63) is 23.7 Å². The van der Waals surface area contributed by atoms with Gasteiger partial charge in [-0.2, -0.15) is 0 Å². The first-order valence-electron chi connectivity index (χ1n) is 3.54. The molecule has 0 N–H and O–H groups in total. The summed E-state index contributed by atoms with van der Waals surface area (Å²) in [6.07, 6.45) is 5.18. The molecule has 0 saturated heterocycles. The Labute approximate surface area is 60.1 Å². The minimum atomic E-state index is 0.402. The number of allylic oxidation sites excluding steroid dienone is 3. The van der Waals surface area contributed by atoms with E-state index in [1.165, 1.54) is 0 Å². The van der Waals surface area contributed by atoms with Crippen LogP contribution in [0.15, 0.2) is 23.7 Å². The smallest absolute Gasteiger partial charge is 0.230 e. The van der Waals surface area contributed by atoms with Crippen molar-refractivity contribution in [1.29, 1.82) is 0 Å². The van der Waals surface area contributed by atoms with E-state index in [-0.39, 0.29) is 0 Å². The van der Waals surface area contributed by atoms with Crippen molar-refractivity contribution in [3.63, 3.8) is 0 Å². The molecule has 1 atom stereocenters. The second kappa shape index (κ2) is 2.04. The van der Waals surface area contributed by atoms with Crippen molar-refractivity contribution in [1.82, 2.24) is 0 Å². The van der Waals surface area contributed by atoms with Gasteiger partial charge in [0.2, 0.25) is 6.79 Å². The Morgan fingerprint density at radius 3 is 3.20 bits per heavy atom. The average Bonchev–Trinajstić information content (AvgIpc) is 2.36. The van der Waals surface area contributed by atoms with E-state index in [4.69, 9.17) is 9.47 Å². The lowest BCUT2D eigenvalue weighted by molar-refractivity contribution is 0.0677. The maximum Gasteiger partial charge on any atom is 0.230 e. The SMILES string of the molecule is CC1CC=CC2=C1OCO2. The highest BCUT2D eigenvalue weighted by atomic mass is 16.7. The lowest BCUT2D eigenvalue weighted by Crippen LogP contribution is -2.02. The van der Waals surface area contributed by atoms with Crippen LogP contribution >= 0.6 is 0 Å². The minimum absolute atomic E-state index is 0.402. The van der Waals surface area contributed by atoms with Gasteiger partial charge in [0.1, 0.15) is 5.76 Å². The Balaban J connectivity index is 2.30. The van der Waals surface area contributed by atoms with Gasteiger partial charge in [-0.3, -0.25) is 0 Å². The first-order valence-corrected chi connectivity index (χ1v) is 3.54. The normalized spacial score (nSPS) is 29.5. The summed E-state index contributed by atoms with van der Waals surface area (Å²) >= 11 is 0. The van der Waals surface area contributed by atoms with Crippen LogP contribution in [-0.2, 0) is 9.47 Å². The Hall–Kier alpha value is -0.920. The van der Waals surface area contributed by atoms with Crippen LogP contribution in [0.5, 0.6) is 0 Å². The second-order valence-electron chi connectivity index (χ2n) is 2.67. The molecule has 0 fully saturated rings. The van der Waals surface area contributed by atoms with Gasteiger partial charge < -0.3 is 9.47 Å². The van der Waals surface area contributed by atoms with Crippen LogP contribution in [0.2, 0.25) is 0 Å². The van der Waals surface area contributed by atoms with Crippen LogP contribution in [0.3, 0.4) is 0 Å². The van der Waals surface area contributed by atoms with E-state index in [9.17, 15) is 0 Å². The van der Waals surface area contributed by atoms with Crippen molar-refractivity contribution < 1.29 is 9.47 Å². The summed E-state index contributed by atoms with van der Waals surface area (Å²) < 4.78 is 10.5. The standard InChI is InChI=1S/C8H10O2/c1-6-3-2-4-7-8(6)10-5-9-7/h2,4,6H,3,5H2,1H3. The van der Waals surface area contributed by atoms with E-state index in [1.54, 1.807) is 0 Å². The number of hydrogen-bond donors (Lipinski definition) is 0. The molecule has 54 valence electrons. The highest BCUT2D eigenvalue weighted by Gasteiger charge is 2.23. The Morgan fingerprint density at radius 2 is 2.40 bits per heavy atom. The fraction of sp³-hybridized carbons (Fsp3) is 0.500. The molecule has 10 heavy (non-hydrogen) atoms. The van der Waals surface area contributed by atoms with Gasteiger partial charge in [-0.15, -0.1) is 0 Å². The van der Waals surface area contributed by atoms with E-state index >= 15 is 0 Å². The van der Waals surface area contributed by atoms with Gasteiger partial charge in [0.15, 0.2) is 5.76 Å². The van der Waals surface area contributed by atoms with Gasteiger partial charge in [0.25, 0.3) is 0 Å². The van der Waals surface area contributed by atoms with Crippen LogP contribution in [-0.4, -0.2) is 6.79 Å². The molecule has 2 nitrogen and oxygen atoms in total. The lowest BCUT2D eigenvalue weighted by Gasteiger charge is -2.11. The van der Waals surface area contributed by atoms with Crippen LogP contribution in [0, 0.1) is 5.92 Å². The van der Waals surface area contributed by atoms with Gasteiger partial charge in [0, 0.05) is 5.92 Å². The van der Waals surface area contributed by atoms with E-state index in [0.29, 0.717) is 12.7 Å². The van der Waals surface area contributed by atoms with Crippen LogP contribution in [0.4, 0.5) is 0 Å². The van der Waals surface area contributed by atoms with Crippen molar-refractivity contribution in [2.75, 3.05) is 6.79 Å². The Kier molecular flexibility index (Phi) is 1.19. The third-order valence-electron chi connectivity index (χ3n) is 1.88. The minimum Gasteiger partial charge on any atom is -0.458 e. The fourth-order valence-corrected chi connectivity index (χ4v) is 1.30. The molecule has 2 rings (SSSR count). The van der Waals surface area contributed by atoms with Crippen LogP contribution in [0.1, 0.15) is 13.3 Å². The molecule has 0 amide bonds. The summed E-state index contributed by atoms with van der Waals surface area (Å²) in [5.74, 6) is 2.46. The molecule has 0 bridgehead atoms. The maximum absolute atomic E-state index is 5.28. The largest absolute Gasteiger partial charge is 0.458 e. The zero-order valence-corrected chi connectivity index (χ0v) is 5.96. The first-order chi connectivity index (χ1) is 4.88. The first kappa shape index (κ1) is 5.83. The molecule has 0 aromatic carbocycles. The van der Waals surface area contributed by atoms with E-state index in [0.717, 1.165) is 17.9 Å². The van der Waals surface area contributed by atoms with Gasteiger partial charge in [-0.05, 0) is 12.5 Å². The zero-order chi connectivity index (χ0) is 6.97. The number of rotatable bonds is 0. The van der Waals surface area contributed by atoms with Gasteiger partial charge >= 0.3 is 0 Å². The van der Waals surface area contributed by atoms with Crippen molar-refractivity contribution >= 4 is 0 Å². The molecule has 1 aliphatic heterocycles. The maximum atomic E-state index is 5.28. The van der Waals surface area contributed by atoms with Crippen molar-refractivity contribution in [2.45, 2.75) is 13.3 Å². The highest BCUT2D eigenvalue weighted by Crippen LogP contribution is 2.30. The van der Waals surface area contributed by atoms with Gasteiger partial charge in [-0.1, -0.05) is 13.0 Å². The molecule has 1 heterocycles. The molecule has 0 spiro atoms. The quantitative estimate of drug-likeness (QED) is 0.508. The topological polar surface area (TPSA) is 18.5 Å². The zero-order valence-electron chi connectivity index (χ0n) is 5.96. The monoisotopic (exact) mass is 138 g/mol. The molecule has 0 saturated carbocycles. The predicted octanol–water partition coefficient (Wildman–Crippen LogP) is 1.80. The molecule has 0 aromatic heterocycles. The second-order valence-corrected chi connectivity index (χ2v) is 2.67. The molecule has 0 aromatic rings. The average molecular weight is 138 g/mol. The molecule has 1 unspecified atom stereocenters. The predicted molar refractivity (Wildman–Crippen MR) is 37.0 cm³/mol. The summed E-state index contributed by atoms with van der Waals surface area (Å²) in [5.41, 5.74) is 0. The Bertz CT molecular complexity index is 203. The van der Waals surface area contributed by atoms with Gasteiger partial charge in [-0.25, -0.2) is 0 Å². The molecule has 2 heteroatoms. The third-order valence-corrected chi connectivity index (χ3v) is 1.88. The summed E-state index contributed by atoms with van der Waals surface area (Å²) in [6, 6.07) is 0. The molecular formula is C8H10O2. The van der Waals surface area contributed by atoms with E-state index < -0.39 is 0 Å². The number of hydrogen-bond acceptors (Lipinski definition) is 2. The van der Waals surface area contributed by atoms with Crippen molar-refractivity contribution in [3.8, 4) is 0 Å². The third kappa shape index (κ3) is 0.719. The molecule has 1 aliphatic carbocycles. The number of ether oxygens (including phenoxy) is 2. The molecular weight excluding hydrogens is 128 g/mol. The summed E-state index contributed by atoms with van der Waals surface area (Å²) in [4.78, 5) is 0. The lowest BCUT2D eigenvalue weighted by atomic mass is 10.0.